The highest BCUT2D eigenvalue weighted by Gasteiger charge is 2.19. The topological polar surface area (TPSA) is 137 Å². The van der Waals surface area contributed by atoms with Crippen molar-refractivity contribution in [3.8, 4) is 33.9 Å². The van der Waals surface area contributed by atoms with E-state index in [1.807, 2.05) is 18.2 Å². The molecule has 0 radical (unpaired) electrons. The summed E-state index contributed by atoms with van der Waals surface area (Å²) >= 11 is 0. The lowest BCUT2D eigenvalue weighted by atomic mass is 9.94. The molecule has 10 nitrogen and oxygen atoms in total. The molecule has 7 rings (SSSR count). The minimum absolute atomic E-state index is 0.00136. The van der Waals surface area contributed by atoms with Gasteiger partial charge in [-0.25, -0.2) is 14.4 Å². The van der Waals surface area contributed by atoms with Crippen LogP contribution in [0.2, 0.25) is 0 Å². The number of carbonyl (C=O) groups excluding carboxylic acids is 1. The normalized spacial score (nSPS) is 14.1. The zero-order valence-corrected chi connectivity index (χ0v) is 22.0. The Balaban J connectivity index is 1.19. The van der Waals surface area contributed by atoms with Gasteiger partial charge in [-0.05, 0) is 62.2 Å². The number of rotatable bonds is 6. The number of amides is 1. The predicted molar refractivity (Wildman–Crippen MR) is 154 cm³/mol. The summed E-state index contributed by atoms with van der Waals surface area (Å²) in [7, 11) is 0. The van der Waals surface area contributed by atoms with Crippen LogP contribution in [0.25, 0.3) is 56.0 Å². The summed E-state index contributed by atoms with van der Waals surface area (Å²) in [6, 6.07) is 12.0. The van der Waals surface area contributed by atoms with E-state index in [2.05, 4.69) is 40.8 Å². The fourth-order valence-electron chi connectivity index (χ4n) is 5.37. The number of hydrogen-bond acceptors (Lipinski definition) is 7. The Morgan fingerprint density at radius 1 is 1.00 bits per heavy atom. The molecule has 1 aliphatic rings. The fraction of sp³-hybridized carbons (Fsp3) is 0.200. The summed E-state index contributed by atoms with van der Waals surface area (Å²) in [4.78, 5) is 34.2. The third-order valence-electron chi connectivity index (χ3n) is 7.43. The Morgan fingerprint density at radius 2 is 1.88 bits per heavy atom. The maximum atomic E-state index is 13.9. The summed E-state index contributed by atoms with van der Waals surface area (Å²) in [5, 5.41) is 14.5. The SMILES string of the molecule is O=C(CC1CCNCC1)Nc1cncc(-c2cnc3n[nH]c(-c4nc5c(-c6cccc(F)c6)nccc5[nH]4)c3c2)c1. The molecule has 0 saturated carbocycles. The molecule has 0 atom stereocenters. The lowest BCUT2D eigenvalue weighted by Gasteiger charge is -2.21. The molecular weight excluding hydrogens is 521 g/mol. The van der Waals surface area contributed by atoms with Crippen LogP contribution >= 0.6 is 0 Å². The van der Waals surface area contributed by atoms with E-state index in [1.165, 1.54) is 12.1 Å². The van der Waals surface area contributed by atoms with Crippen LogP contribution in [0, 0.1) is 11.7 Å². The zero-order valence-electron chi connectivity index (χ0n) is 22.0. The van der Waals surface area contributed by atoms with Crippen LogP contribution in [0.15, 0.2) is 67.3 Å². The van der Waals surface area contributed by atoms with E-state index in [9.17, 15) is 9.18 Å². The predicted octanol–water partition coefficient (Wildman–Crippen LogP) is 5.09. The summed E-state index contributed by atoms with van der Waals surface area (Å²) in [5.41, 5.74) is 6.08. The number of fused-ring (bicyclic) bond motifs is 2. The molecule has 1 aromatic carbocycles. The molecule has 0 unspecified atom stereocenters. The highest BCUT2D eigenvalue weighted by Crippen LogP contribution is 2.32. The first-order valence-corrected chi connectivity index (χ1v) is 13.5. The molecule has 6 aromatic rings. The summed E-state index contributed by atoms with van der Waals surface area (Å²) < 4.78 is 13.9. The largest absolute Gasteiger partial charge is 0.337 e. The van der Waals surface area contributed by atoms with Gasteiger partial charge in [0, 0.05) is 41.7 Å². The number of aromatic nitrogens is 7. The maximum absolute atomic E-state index is 13.9. The maximum Gasteiger partial charge on any atom is 0.224 e. The van der Waals surface area contributed by atoms with E-state index in [1.54, 1.807) is 36.9 Å². The van der Waals surface area contributed by atoms with E-state index >= 15 is 0 Å². The summed E-state index contributed by atoms with van der Waals surface area (Å²) in [6.45, 7) is 1.92. The van der Waals surface area contributed by atoms with Gasteiger partial charge in [0.2, 0.25) is 5.91 Å². The van der Waals surface area contributed by atoms with Crippen LogP contribution in [0.4, 0.5) is 10.1 Å². The van der Waals surface area contributed by atoms with Crippen LogP contribution < -0.4 is 10.6 Å². The van der Waals surface area contributed by atoms with Gasteiger partial charge < -0.3 is 15.6 Å². The van der Waals surface area contributed by atoms with Gasteiger partial charge in [0.25, 0.3) is 0 Å². The number of nitrogens with zero attached hydrogens (tertiary/aromatic N) is 5. The first-order valence-electron chi connectivity index (χ1n) is 13.5. The van der Waals surface area contributed by atoms with Crippen LogP contribution in [0.5, 0.6) is 0 Å². The number of halogens is 1. The fourth-order valence-corrected chi connectivity index (χ4v) is 5.37. The van der Waals surface area contributed by atoms with Gasteiger partial charge in [-0.2, -0.15) is 5.10 Å². The second kappa shape index (κ2) is 10.5. The number of benzene rings is 1. The van der Waals surface area contributed by atoms with Gasteiger partial charge in [0.1, 0.15) is 17.0 Å². The van der Waals surface area contributed by atoms with Crippen molar-refractivity contribution >= 4 is 33.7 Å². The second-order valence-electron chi connectivity index (χ2n) is 10.3. The van der Waals surface area contributed by atoms with E-state index in [-0.39, 0.29) is 11.7 Å². The number of H-pyrrole nitrogens is 2. The molecule has 0 aliphatic carbocycles. The zero-order chi connectivity index (χ0) is 27.8. The first-order chi connectivity index (χ1) is 20.1. The Morgan fingerprint density at radius 3 is 2.76 bits per heavy atom. The summed E-state index contributed by atoms with van der Waals surface area (Å²) in [6.07, 6.45) is 9.32. The van der Waals surface area contributed by atoms with Crippen molar-refractivity contribution in [3.63, 3.8) is 0 Å². The van der Waals surface area contributed by atoms with Gasteiger partial charge in [-0.1, -0.05) is 12.1 Å². The number of imidazole rings is 1. The van der Waals surface area contributed by atoms with E-state index in [0.717, 1.165) is 48.0 Å². The molecule has 0 spiro atoms. The number of nitrogens with one attached hydrogen (secondary N) is 4. The van der Waals surface area contributed by atoms with E-state index in [4.69, 9.17) is 4.98 Å². The number of aromatic amines is 2. The Hall–Kier alpha value is -5.03. The van der Waals surface area contributed by atoms with Gasteiger partial charge in [0.15, 0.2) is 11.5 Å². The van der Waals surface area contributed by atoms with Crippen molar-refractivity contribution in [2.75, 3.05) is 18.4 Å². The molecule has 1 amide bonds. The smallest absolute Gasteiger partial charge is 0.224 e. The van der Waals surface area contributed by atoms with Crippen LogP contribution in [-0.2, 0) is 4.79 Å². The molecular formula is C30H26FN9O. The molecule has 204 valence electrons. The molecule has 6 heterocycles. The second-order valence-corrected chi connectivity index (χ2v) is 10.3. The molecule has 4 N–H and O–H groups in total. The number of anilines is 1. The van der Waals surface area contributed by atoms with Crippen molar-refractivity contribution in [1.29, 1.82) is 0 Å². The average Bonchev–Trinajstić information content (AvgIpc) is 3.61. The highest BCUT2D eigenvalue weighted by molar-refractivity contribution is 5.96. The van der Waals surface area contributed by atoms with E-state index in [0.29, 0.717) is 52.0 Å². The van der Waals surface area contributed by atoms with Gasteiger partial charge in [-0.15, -0.1) is 0 Å². The van der Waals surface area contributed by atoms with Crippen molar-refractivity contribution in [1.82, 2.24) is 40.4 Å². The third kappa shape index (κ3) is 5.03. The van der Waals surface area contributed by atoms with Gasteiger partial charge >= 0.3 is 0 Å². The molecule has 11 heteroatoms. The monoisotopic (exact) mass is 547 g/mol. The number of hydrogen-bond donors (Lipinski definition) is 4. The van der Waals surface area contributed by atoms with Crippen LogP contribution in [0.1, 0.15) is 19.3 Å². The summed E-state index contributed by atoms with van der Waals surface area (Å²) in [5.74, 6) is 0.621. The van der Waals surface area contributed by atoms with Crippen molar-refractivity contribution in [2.45, 2.75) is 19.3 Å². The molecule has 0 bridgehead atoms. The Labute approximate surface area is 233 Å². The van der Waals surface area contributed by atoms with Crippen molar-refractivity contribution in [2.24, 2.45) is 5.92 Å². The third-order valence-corrected chi connectivity index (χ3v) is 7.43. The number of piperidine rings is 1. The van der Waals surface area contributed by atoms with E-state index < -0.39 is 0 Å². The van der Waals surface area contributed by atoms with Gasteiger partial charge in [-0.3, -0.25) is 19.9 Å². The molecule has 1 saturated heterocycles. The quantitative estimate of drug-likeness (QED) is 0.228. The van der Waals surface area contributed by atoms with Crippen molar-refractivity contribution in [3.05, 3.63) is 73.1 Å². The lowest BCUT2D eigenvalue weighted by molar-refractivity contribution is -0.117. The molecule has 5 aromatic heterocycles. The Bertz CT molecular complexity index is 1890. The molecule has 1 fully saturated rings. The first kappa shape index (κ1) is 25.0. The minimum atomic E-state index is -0.338. The lowest BCUT2D eigenvalue weighted by Crippen LogP contribution is -2.30. The van der Waals surface area contributed by atoms with Crippen LogP contribution in [0.3, 0.4) is 0 Å². The number of carbonyl (C=O) groups is 1. The van der Waals surface area contributed by atoms with Crippen molar-refractivity contribution < 1.29 is 9.18 Å². The average molecular weight is 548 g/mol. The highest BCUT2D eigenvalue weighted by atomic mass is 19.1. The molecule has 1 aliphatic heterocycles. The van der Waals surface area contributed by atoms with Crippen LogP contribution in [-0.4, -0.2) is 54.1 Å². The molecule has 41 heavy (non-hydrogen) atoms. The standard InChI is InChI=1S/C30H26FN9O/c31-21-3-1-2-18(11-21)26-28-24(6-9-34-26)37-30(38-28)27-23-13-20(15-35-29(23)40-39-27)19-12-22(16-33-14-19)36-25(41)10-17-4-7-32-8-5-17/h1-3,6,9,11-17,32H,4-5,7-8,10H2,(H,36,41)(H,37,38)(H,35,39,40). The number of pyridine rings is 3. The Kier molecular flexibility index (Phi) is 6.40. The minimum Gasteiger partial charge on any atom is -0.337 e. The van der Waals surface area contributed by atoms with Gasteiger partial charge in [0.05, 0.1) is 28.5 Å².